The molecule has 0 heterocycles. The van der Waals surface area contributed by atoms with Crippen LogP contribution in [-0.2, 0) is 0 Å². The van der Waals surface area contributed by atoms with Gasteiger partial charge in [-0.25, -0.2) is 4.39 Å². The summed E-state index contributed by atoms with van der Waals surface area (Å²) in [6, 6.07) is 4.24. The van der Waals surface area contributed by atoms with Gasteiger partial charge in [0.2, 0.25) is 0 Å². The maximum absolute atomic E-state index is 12.5. The standard InChI is InChI=1S/C8H6BrF3O/c9-8(11,12)7(13)5-1-3-6(10)4-2-5/h1-4,7,13H. The van der Waals surface area contributed by atoms with E-state index in [0.29, 0.717) is 0 Å². The average molecular weight is 255 g/mol. The monoisotopic (exact) mass is 254 g/mol. The second-order valence-electron chi connectivity index (χ2n) is 2.50. The minimum atomic E-state index is -3.40. The van der Waals surface area contributed by atoms with Crippen molar-refractivity contribution < 1.29 is 18.3 Å². The van der Waals surface area contributed by atoms with Crippen molar-refractivity contribution in [1.29, 1.82) is 0 Å². The highest BCUT2D eigenvalue weighted by Gasteiger charge is 2.35. The number of halogens is 4. The fourth-order valence-electron chi connectivity index (χ4n) is 0.834. The lowest BCUT2D eigenvalue weighted by Crippen LogP contribution is -2.18. The van der Waals surface area contributed by atoms with Crippen molar-refractivity contribution >= 4 is 15.9 Å². The second-order valence-corrected chi connectivity index (χ2v) is 3.55. The van der Waals surface area contributed by atoms with Crippen molar-refractivity contribution in [2.24, 2.45) is 0 Å². The van der Waals surface area contributed by atoms with Crippen LogP contribution in [0.3, 0.4) is 0 Å². The molecule has 0 aliphatic carbocycles. The molecule has 0 amide bonds. The zero-order chi connectivity index (χ0) is 10.1. The Morgan fingerprint density at radius 3 is 2.08 bits per heavy atom. The molecule has 0 fully saturated rings. The van der Waals surface area contributed by atoms with Crippen LogP contribution in [0.25, 0.3) is 0 Å². The fourth-order valence-corrected chi connectivity index (χ4v) is 1.10. The average Bonchev–Trinajstić information content (AvgIpc) is 2.03. The highest BCUT2D eigenvalue weighted by Crippen LogP contribution is 2.36. The molecule has 0 bridgehead atoms. The number of hydrogen-bond donors (Lipinski definition) is 1. The molecule has 1 rings (SSSR count). The van der Waals surface area contributed by atoms with Gasteiger partial charge in [-0.15, -0.1) is 0 Å². The van der Waals surface area contributed by atoms with Crippen LogP contribution in [0, 0.1) is 5.82 Å². The minimum absolute atomic E-state index is 0.0386. The van der Waals surface area contributed by atoms with Crippen molar-refractivity contribution in [3.05, 3.63) is 35.6 Å². The van der Waals surface area contributed by atoms with Gasteiger partial charge in [-0.2, -0.15) is 8.78 Å². The molecule has 5 heteroatoms. The molecular formula is C8H6BrF3O. The first-order chi connectivity index (χ1) is 5.91. The van der Waals surface area contributed by atoms with Crippen LogP contribution < -0.4 is 0 Å². The van der Waals surface area contributed by atoms with E-state index in [4.69, 9.17) is 5.11 Å². The zero-order valence-corrected chi connectivity index (χ0v) is 7.93. The number of rotatable bonds is 2. The predicted molar refractivity (Wildman–Crippen MR) is 45.2 cm³/mol. The van der Waals surface area contributed by atoms with E-state index in [-0.39, 0.29) is 5.56 Å². The molecular weight excluding hydrogens is 249 g/mol. The summed E-state index contributed by atoms with van der Waals surface area (Å²) in [7, 11) is 0. The third-order valence-corrected chi connectivity index (χ3v) is 1.93. The first kappa shape index (κ1) is 10.5. The highest BCUT2D eigenvalue weighted by atomic mass is 79.9. The van der Waals surface area contributed by atoms with Gasteiger partial charge in [0.25, 0.3) is 0 Å². The SMILES string of the molecule is OC(c1ccc(F)cc1)C(F)(F)Br. The molecule has 0 aliphatic heterocycles. The molecule has 72 valence electrons. The molecule has 1 nitrogen and oxygen atoms in total. The molecule has 1 N–H and O–H groups in total. The zero-order valence-electron chi connectivity index (χ0n) is 6.35. The van der Waals surface area contributed by atoms with E-state index < -0.39 is 16.8 Å². The van der Waals surface area contributed by atoms with Gasteiger partial charge >= 0.3 is 4.83 Å². The number of aliphatic hydroxyl groups is 1. The number of aliphatic hydroxyl groups excluding tert-OH is 1. The van der Waals surface area contributed by atoms with Gasteiger partial charge < -0.3 is 5.11 Å². The van der Waals surface area contributed by atoms with Gasteiger partial charge in [0.15, 0.2) is 6.10 Å². The Labute approximate surface area is 81.3 Å². The summed E-state index contributed by atoms with van der Waals surface area (Å²) in [4.78, 5) is -3.40. The lowest BCUT2D eigenvalue weighted by molar-refractivity contribution is -0.0294. The Kier molecular flexibility index (Phi) is 2.98. The van der Waals surface area contributed by atoms with Gasteiger partial charge in [0, 0.05) is 0 Å². The van der Waals surface area contributed by atoms with E-state index in [1.165, 1.54) is 0 Å². The predicted octanol–water partition coefficient (Wildman–Crippen LogP) is 2.85. The molecule has 0 aliphatic rings. The van der Waals surface area contributed by atoms with Gasteiger partial charge in [-0.05, 0) is 33.6 Å². The Morgan fingerprint density at radius 2 is 1.69 bits per heavy atom. The topological polar surface area (TPSA) is 20.2 Å². The first-order valence-electron chi connectivity index (χ1n) is 3.41. The summed E-state index contributed by atoms with van der Waals surface area (Å²) in [5.74, 6) is -0.533. The van der Waals surface area contributed by atoms with E-state index >= 15 is 0 Å². The molecule has 0 saturated carbocycles. The highest BCUT2D eigenvalue weighted by molar-refractivity contribution is 9.10. The largest absolute Gasteiger partial charge is 0.381 e. The Hall–Kier alpha value is -0.550. The summed E-state index contributed by atoms with van der Waals surface area (Å²) in [6.07, 6.45) is -1.96. The molecule has 0 aromatic heterocycles. The van der Waals surface area contributed by atoms with Crippen LogP contribution in [0.5, 0.6) is 0 Å². The molecule has 0 radical (unpaired) electrons. The molecule has 0 spiro atoms. The van der Waals surface area contributed by atoms with E-state index in [1.54, 1.807) is 0 Å². The van der Waals surface area contributed by atoms with Gasteiger partial charge in [0.05, 0.1) is 0 Å². The van der Waals surface area contributed by atoms with E-state index in [0.717, 1.165) is 24.3 Å². The molecule has 1 unspecified atom stereocenters. The maximum atomic E-state index is 12.5. The molecule has 13 heavy (non-hydrogen) atoms. The third kappa shape index (κ3) is 2.70. The van der Waals surface area contributed by atoms with Crippen LogP contribution in [0.1, 0.15) is 11.7 Å². The smallest absolute Gasteiger partial charge is 0.330 e. The van der Waals surface area contributed by atoms with E-state index in [9.17, 15) is 13.2 Å². The Balaban J connectivity index is 2.90. The maximum Gasteiger partial charge on any atom is 0.330 e. The van der Waals surface area contributed by atoms with Crippen molar-refractivity contribution in [3.63, 3.8) is 0 Å². The second kappa shape index (κ2) is 3.67. The molecule has 1 aromatic rings. The summed E-state index contributed by atoms with van der Waals surface area (Å²) in [5.41, 5.74) is -0.0386. The van der Waals surface area contributed by atoms with E-state index in [1.807, 2.05) is 15.9 Å². The van der Waals surface area contributed by atoms with Crippen molar-refractivity contribution in [3.8, 4) is 0 Å². The van der Waals surface area contributed by atoms with Crippen LogP contribution in [0.15, 0.2) is 24.3 Å². The number of alkyl halides is 3. The summed E-state index contributed by atoms with van der Waals surface area (Å²) in [6.45, 7) is 0. The molecule has 0 saturated heterocycles. The van der Waals surface area contributed by atoms with Crippen molar-refractivity contribution in [2.45, 2.75) is 10.9 Å². The van der Waals surface area contributed by atoms with Gasteiger partial charge in [-0.1, -0.05) is 12.1 Å². The first-order valence-corrected chi connectivity index (χ1v) is 4.21. The number of hydrogen-bond acceptors (Lipinski definition) is 1. The van der Waals surface area contributed by atoms with E-state index in [2.05, 4.69) is 0 Å². The molecule has 1 aromatic carbocycles. The van der Waals surface area contributed by atoms with Crippen molar-refractivity contribution in [1.82, 2.24) is 0 Å². The fraction of sp³-hybridized carbons (Fsp3) is 0.250. The van der Waals surface area contributed by atoms with Gasteiger partial charge in [0.1, 0.15) is 5.82 Å². The summed E-state index contributed by atoms with van der Waals surface area (Å²) < 4.78 is 37.3. The lowest BCUT2D eigenvalue weighted by Gasteiger charge is -2.16. The van der Waals surface area contributed by atoms with Crippen LogP contribution in [-0.4, -0.2) is 9.94 Å². The van der Waals surface area contributed by atoms with Crippen molar-refractivity contribution in [2.75, 3.05) is 0 Å². The normalized spacial score (nSPS) is 14.2. The van der Waals surface area contributed by atoms with Crippen LogP contribution >= 0.6 is 15.9 Å². The van der Waals surface area contributed by atoms with Crippen LogP contribution in [0.2, 0.25) is 0 Å². The molecule has 1 atom stereocenters. The summed E-state index contributed by atoms with van der Waals surface area (Å²) >= 11 is 2.02. The summed E-state index contributed by atoms with van der Waals surface area (Å²) in [5, 5.41) is 9.03. The minimum Gasteiger partial charge on any atom is -0.381 e. The lowest BCUT2D eigenvalue weighted by atomic mass is 10.1. The number of benzene rings is 1. The quantitative estimate of drug-likeness (QED) is 0.805. The van der Waals surface area contributed by atoms with Gasteiger partial charge in [-0.3, -0.25) is 0 Å². The third-order valence-electron chi connectivity index (χ3n) is 1.50. The Morgan fingerprint density at radius 1 is 1.23 bits per heavy atom. The van der Waals surface area contributed by atoms with Crippen LogP contribution in [0.4, 0.5) is 13.2 Å². The Bertz CT molecular complexity index is 280.